The van der Waals surface area contributed by atoms with Gasteiger partial charge in [-0.05, 0) is 37.3 Å². The summed E-state index contributed by atoms with van der Waals surface area (Å²) in [6.07, 6.45) is 6.42. The number of hydrogen-bond donors (Lipinski definition) is 1. The molecule has 1 fully saturated rings. The van der Waals surface area contributed by atoms with Gasteiger partial charge in [0.2, 0.25) is 0 Å². The number of anilines is 1. The maximum absolute atomic E-state index is 6.06. The number of nitrogen functional groups attached to an aromatic ring is 1. The molecule has 3 nitrogen and oxygen atoms in total. The molecule has 18 heavy (non-hydrogen) atoms. The summed E-state index contributed by atoms with van der Waals surface area (Å²) in [6, 6.07) is 5.70. The summed E-state index contributed by atoms with van der Waals surface area (Å²) in [5, 5.41) is 0. The summed E-state index contributed by atoms with van der Waals surface area (Å²) in [4.78, 5) is 0. The molecule has 2 rings (SSSR count). The molecule has 0 heterocycles. The molecule has 1 aliphatic rings. The van der Waals surface area contributed by atoms with Gasteiger partial charge >= 0.3 is 0 Å². The van der Waals surface area contributed by atoms with Gasteiger partial charge in [-0.1, -0.05) is 25.8 Å². The molecule has 0 radical (unpaired) electrons. The van der Waals surface area contributed by atoms with Crippen LogP contribution < -0.4 is 15.2 Å². The van der Waals surface area contributed by atoms with E-state index in [1.165, 1.54) is 19.3 Å². The monoisotopic (exact) mass is 249 g/mol. The zero-order valence-electron chi connectivity index (χ0n) is 11.3. The quantitative estimate of drug-likeness (QED) is 0.829. The zero-order chi connectivity index (χ0) is 13.0. The molecule has 1 aromatic rings. The maximum Gasteiger partial charge on any atom is 0.146 e. The first-order valence-corrected chi connectivity index (χ1v) is 6.83. The lowest BCUT2D eigenvalue weighted by Gasteiger charge is -2.29. The Bertz CT molecular complexity index is 392. The van der Waals surface area contributed by atoms with E-state index in [4.69, 9.17) is 15.2 Å². The molecule has 2 atom stereocenters. The van der Waals surface area contributed by atoms with E-state index in [-0.39, 0.29) is 0 Å². The molecule has 100 valence electrons. The van der Waals surface area contributed by atoms with Crippen molar-refractivity contribution in [1.29, 1.82) is 0 Å². The number of ether oxygens (including phenoxy) is 2. The minimum Gasteiger partial charge on any atom is -0.494 e. The SMILES string of the molecule is CCC1CCCC(Oc2cccc(OC)c2N)C1. The molecule has 0 saturated heterocycles. The van der Waals surface area contributed by atoms with Gasteiger partial charge in [0.05, 0.1) is 13.2 Å². The van der Waals surface area contributed by atoms with Crippen LogP contribution in [0.5, 0.6) is 11.5 Å². The van der Waals surface area contributed by atoms with E-state index in [1.807, 2.05) is 18.2 Å². The van der Waals surface area contributed by atoms with Crippen LogP contribution in [-0.4, -0.2) is 13.2 Å². The Kier molecular flexibility index (Phi) is 4.34. The third-order valence-electron chi connectivity index (χ3n) is 3.85. The van der Waals surface area contributed by atoms with E-state index in [1.54, 1.807) is 7.11 Å². The molecule has 2 N–H and O–H groups in total. The fourth-order valence-electron chi connectivity index (χ4n) is 2.70. The van der Waals surface area contributed by atoms with Crippen LogP contribution in [0.25, 0.3) is 0 Å². The summed E-state index contributed by atoms with van der Waals surface area (Å²) in [7, 11) is 1.63. The van der Waals surface area contributed by atoms with Crippen LogP contribution in [0.3, 0.4) is 0 Å². The van der Waals surface area contributed by atoms with Crippen molar-refractivity contribution in [3.63, 3.8) is 0 Å². The Morgan fingerprint density at radius 3 is 2.78 bits per heavy atom. The number of benzene rings is 1. The van der Waals surface area contributed by atoms with Gasteiger partial charge in [-0.15, -0.1) is 0 Å². The lowest BCUT2D eigenvalue weighted by molar-refractivity contribution is 0.122. The third-order valence-corrected chi connectivity index (χ3v) is 3.85. The Labute approximate surface area is 109 Å². The fraction of sp³-hybridized carbons (Fsp3) is 0.600. The Hall–Kier alpha value is -1.38. The van der Waals surface area contributed by atoms with Crippen LogP contribution in [0.2, 0.25) is 0 Å². The highest BCUT2D eigenvalue weighted by molar-refractivity contribution is 5.62. The molecule has 0 bridgehead atoms. The highest BCUT2D eigenvalue weighted by Gasteiger charge is 2.23. The first-order valence-electron chi connectivity index (χ1n) is 6.83. The van der Waals surface area contributed by atoms with Gasteiger partial charge in [-0.2, -0.15) is 0 Å². The minimum atomic E-state index is 0.304. The van der Waals surface area contributed by atoms with Crippen molar-refractivity contribution in [2.75, 3.05) is 12.8 Å². The Balaban J connectivity index is 2.04. The summed E-state index contributed by atoms with van der Waals surface area (Å²) < 4.78 is 11.3. The van der Waals surface area contributed by atoms with Gasteiger partial charge < -0.3 is 15.2 Å². The first-order chi connectivity index (χ1) is 8.74. The molecule has 3 heteroatoms. The van der Waals surface area contributed by atoms with E-state index in [9.17, 15) is 0 Å². The molecule has 1 saturated carbocycles. The average molecular weight is 249 g/mol. The van der Waals surface area contributed by atoms with Crippen molar-refractivity contribution in [2.24, 2.45) is 5.92 Å². The van der Waals surface area contributed by atoms with E-state index < -0.39 is 0 Å². The van der Waals surface area contributed by atoms with Crippen LogP contribution in [0.15, 0.2) is 18.2 Å². The summed E-state index contributed by atoms with van der Waals surface area (Å²) in [6.45, 7) is 2.26. The van der Waals surface area contributed by atoms with E-state index in [0.717, 1.165) is 24.5 Å². The van der Waals surface area contributed by atoms with Crippen molar-refractivity contribution >= 4 is 5.69 Å². The zero-order valence-corrected chi connectivity index (χ0v) is 11.3. The minimum absolute atomic E-state index is 0.304. The predicted octanol–water partition coefficient (Wildman–Crippen LogP) is 3.63. The molecule has 0 aromatic heterocycles. The molecule has 0 amide bonds. The maximum atomic E-state index is 6.06. The number of rotatable bonds is 4. The van der Waals surface area contributed by atoms with Crippen LogP contribution in [0.4, 0.5) is 5.69 Å². The van der Waals surface area contributed by atoms with Crippen LogP contribution in [0.1, 0.15) is 39.0 Å². The summed E-state index contributed by atoms with van der Waals surface area (Å²) in [5.41, 5.74) is 6.64. The largest absolute Gasteiger partial charge is 0.494 e. The van der Waals surface area contributed by atoms with Gasteiger partial charge in [-0.25, -0.2) is 0 Å². The fourth-order valence-corrected chi connectivity index (χ4v) is 2.70. The standard InChI is InChI=1S/C15H23NO2/c1-3-11-6-4-7-12(10-11)18-14-9-5-8-13(17-2)15(14)16/h5,8-9,11-12H,3-4,6-7,10,16H2,1-2H3. The number of para-hydroxylation sites is 1. The second-order valence-corrected chi connectivity index (χ2v) is 5.05. The van der Waals surface area contributed by atoms with Crippen LogP contribution in [-0.2, 0) is 0 Å². The van der Waals surface area contributed by atoms with Gasteiger partial charge in [0.25, 0.3) is 0 Å². The van der Waals surface area contributed by atoms with E-state index in [0.29, 0.717) is 17.5 Å². The molecular formula is C15H23NO2. The van der Waals surface area contributed by atoms with Crippen molar-refractivity contribution in [3.05, 3.63) is 18.2 Å². The van der Waals surface area contributed by atoms with Crippen molar-refractivity contribution in [1.82, 2.24) is 0 Å². The molecule has 1 aliphatic carbocycles. The topological polar surface area (TPSA) is 44.5 Å². The normalized spacial score (nSPS) is 23.7. The summed E-state index contributed by atoms with van der Waals surface area (Å²) in [5.74, 6) is 2.25. The van der Waals surface area contributed by atoms with E-state index in [2.05, 4.69) is 6.92 Å². The van der Waals surface area contributed by atoms with Gasteiger partial charge in [0, 0.05) is 0 Å². The molecule has 2 unspecified atom stereocenters. The Morgan fingerprint density at radius 2 is 2.06 bits per heavy atom. The number of methoxy groups -OCH3 is 1. The highest BCUT2D eigenvalue weighted by Crippen LogP contribution is 2.35. The van der Waals surface area contributed by atoms with Crippen molar-refractivity contribution in [2.45, 2.75) is 45.1 Å². The number of hydrogen-bond acceptors (Lipinski definition) is 3. The summed E-state index contributed by atoms with van der Waals surface area (Å²) >= 11 is 0. The lowest BCUT2D eigenvalue weighted by Crippen LogP contribution is -2.25. The second-order valence-electron chi connectivity index (χ2n) is 5.05. The molecular weight excluding hydrogens is 226 g/mol. The van der Waals surface area contributed by atoms with E-state index >= 15 is 0 Å². The van der Waals surface area contributed by atoms with Crippen molar-refractivity contribution < 1.29 is 9.47 Å². The molecule has 1 aromatic carbocycles. The van der Waals surface area contributed by atoms with Crippen LogP contribution >= 0.6 is 0 Å². The van der Waals surface area contributed by atoms with Gasteiger partial charge in [0.1, 0.15) is 17.2 Å². The lowest BCUT2D eigenvalue weighted by atomic mass is 9.85. The van der Waals surface area contributed by atoms with Crippen molar-refractivity contribution in [3.8, 4) is 11.5 Å². The molecule has 0 aliphatic heterocycles. The molecule has 0 spiro atoms. The average Bonchev–Trinajstić information content (AvgIpc) is 2.41. The first kappa shape index (κ1) is 13.1. The predicted molar refractivity (Wildman–Crippen MR) is 74.1 cm³/mol. The smallest absolute Gasteiger partial charge is 0.146 e. The third kappa shape index (κ3) is 2.89. The highest BCUT2D eigenvalue weighted by atomic mass is 16.5. The Morgan fingerprint density at radius 1 is 1.28 bits per heavy atom. The van der Waals surface area contributed by atoms with Gasteiger partial charge in [-0.3, -0.25) is 0 Å². The second kappa shape index (κ2) is 5.98. The number of nitrogens with two attached hydrogens (primary N) is 1. The van der Waals surface area contributed by atoms with Gasteiger partial charge in [0.15, 0.2) is 0 Å². The van der Waals surface area contributed by atoms with Crippen LogP contribution in [0, 0.1) is 5.92 Å².